The fraction of sp³-hybridized carbons (Fsp3) is 0.368. The van der Waals surface area contributed by atoms with Crippen molar-refractivity contribution < 1.29 is 0 Å². The number of rotatable bonds is 4. The van der Waals surface area contributed by atoms with Crippen LogP contribution in [0.5, 0.6) is 0 Å². The molecule has 0 saturated carbocycles. The lowest BCUT2D eigenvalue weighted by atomic mass is 9.94. The van der Waals surface area contributed by atoms with Gasteiger partial charge in [-0.2, -0.15) is 0 Å². The molecule has 100 valence electrons. The van der Waals surface area contributed by atoms with Gasteiger partial charge in [-0.1, -0.05) is 36.4 Å². The van der Waals surface area contributed by atoms with E-state index in [1.165, 1.54) is 52.6 Å². The van der Waals surface area contributed by atoms with E-state index in [4.69, 9.17) is 0 Å². The molecule has 0 aliphatic carbocycles. The van der Waals surface area contributed by atoms with E-state index in [9.17, 15) is 0 Å². The third-order valence-electron chi connectivity index (χ3n) is 4.14. The van der Waals surface area contributed by atoms with Gasteiger partial charge in [-0.15, -0.1) is 0 Å². The summed E-state index contributed by atoms with van der Waals surface area (Å²) < 4.78 is 0. The quantitative estimate of drug-likeness (QED) is 0.710. The minimum absolute atomic E-state index is 1.19. The van der Waals surface area contributed by atoms with Gasteiger partial charge in [-0.25, -0.2) is 0 Å². The highest BCUT2D eigenvalue weighted by Gasteiger charge is 2.05. The van der Waals surface area contributed by atoms with E-state index >= 15 is 0 Å². The first-order valence-corrected chi connectivity index (χ1v) is 7.20. The zero-order valence-corrected chi connectivity index (χ0v) is 12.6. The minimum atomic E-state index is 1.19. The maximum absolute atomic E-state index is 2.22. The lowest BCUT2D eigenvalue weighted by molar-refractivity contribution is 0.802. The van der Waals surface area contributed by atoms with E-state index in [-0.39, 0.29) is 0 Å². The topological polar surface area (TPSA) is 0 Å². The highest BCUT2D eigenvalue weighted by atomic mass is 14.1. The second-order valence-electron chi connectivity index (χ2n) is 5.59. The molecule has 0 aliphatic rings. The lowest BCUT2D eigenvalue weighted by Gasteiger charge is -2.12. The van der Waals surface area contributed by atoms with Crippen molar-refractivity contribution in [3.05, 3.63) is 69.8 Å². The molecular weight excluding hydrogens is 228 g/mol. The summed E-state index contributed by atoms with van der Waals surface area (Å²) in [6.45, 7) is 8.89. The van der Waals surface area contributed by atoms with Crippen molar-refractivity contribution in [2.75, 3.05) is 0 Å². The molecule has 0 radical (unpaired) electrons. The molecule has 2 aromatic carbocycles. The molecule has 0 heteroatoms. The molecule has 0 amide bonds. The van der Waals surface area contributed by atoms with Gasteiger partial charge in [0.15, 0.2) is 0 Å². The fourth-order valence-corrected chi connectivity index (χ4v) is 2.93. The number of aryl methyl sites for hydroxylation is 4. The van der Waals surface area contributed by atoms with Crippen LogP contribution >= 0.6 is 0 Å². The van der Waals surface area contributed by atoms with Gasteiger partial charge in [-0.3, -0.25) is 0 Å². The van der Waals surface area contributed by atoms with Crippen molar-refractivity contribution in [3.63, 3.8) is 0 Å². The number of benzene rings is 2. The Morgan fingerprint density at radius 2 is 0.895 bits per heavy atom. The van der Waals surface area contributed by atoms with Gasteiger partial charge in [-0.05, 0) is 80.3 Å². The summed E-state index contributed by atoms with van der Waals surface area (Å²) in [5.41, 5.74) is 8.80. The van der Waals surface area contributed by atoms with Gasteiger partial charge in [0.2, 0.25) is 0 Å². The zero-order chi connectivity index (χ0) is 13.8. The van der Waals surface area contributed by atoms with Gasteiger partial charge in [0, 0.05) is 0 Å². The Morgan fingerprint density at radius 1 is 0.579 bits per heavy atom. The smallest absolute Gasteiger partial charge is 0.0270 e. The highest BCUT2D eigenvalue weighted by Crippen LogP contribution is 2.19. The van der Waals surface area contributed by atoms with Crippen LogP contribution < -0.4 is 0 Å². The molecule has 0 N–H and O–H groups in total. The van der Waals surface area contributed by atoms with Crippen molar-refractivity contribution in [3.8, 4) is 0 Å². The second kappa shape index (κ2) is 6.06. The predicted octanol–water partition coefficient (Wildman–Crippen LogP) is 5.10. The summed E-state index contributed by atoms with van der Waals surface area (Å²) in [6, 6.07) is 13.2. The molecule has 0 aromatic heterocycles. The summed E-state index contributed by atoms with van der Waals surface area (Å²) in [5.74, 6) is 0. The summed E-state index contributed by atoms with van der Waals surface area (Å²) >= 11 is 0. The third kappa shape index (κ3) is 3.26. The number of hydrogen-bond acceptors (Lipinski definition) is 0. The molecule has 2 rings (SSSR count). The van der Waals surface area contributed by atoms with E-state index in [1.807, 2.05) is 0 Å². The Labute approximate surface area is 117 Å². The van der Waals surface area contributed by atoms with Crippen LogP contribution in [0.1, 0.15) is 39.8 Å². The standard InChI is InChI=1S/C19H24/c1-14-8-5-9-15(2)18(14)12-7-13-19-16(3)10-6-11-17(19)4/h5-6,8-11H,7,12-13H2,1-4H3. The molecule has 2 aromatic rings. The Kier molecular flexibility index (Phi) is 4.42. The Bertz CT molecular complexity index is 472. The molecule has 0 bridgehead atoms. The van der Waals surface area contributed by atoms with Crippen LogP contribution in [0.15, 0.2) is 36.4 Å². The Hall–Kier alpha value is -1.56. The van der Waals surface area contributed by atoms with Gasteiger partial charge >= 0.3 is 0 Å². The fourth-order valence-electron chi connectivity index (χ4n) is 2.93. The van der Waals surface area contributed by atoms with Crippen LogP contribution in [0.4, 0.5) is 0 Å². The molecule has 0 heterocycles. The van der Waals surface area contributed by atoms with Gasteiger partial charge in [0.1, 0.15) is 0 Å². The van der Waals surface area contributed by atoms with Crippen molar-refractivity contribution in [2.24, 2.45) is 0 Å². The first-order chi connectivity index (χ1) is 9.09. The maximum atomic E-state index is 2.22. The van der Waals surface area contributed by atoms with Crippen LogP contribution in [-0.2, 0) is 12.8 Å². The normalized spacial score (nSPS) is 10.7. The molecule has 0 nitrogen and oxygen atoms in total. The first-order valence-electron chi connectivity index (χ1n) is 7.20. The van der Waals surface area contributed by atoms with Crippen molar-refractivity contribution in [2.45, 2.75) is 47.0 Å². The monoisotopic (exact) mass is 252 g/mol. The van der Waals surface area contributed by atoms with Gasteiger partial charge < -0.3 is 0 Å². The average Bonchev–Trinajstić information content (AvgIpc) is 2.36. The molecule has 0 saturated heterocycles. The van der Waals surface area contributed by atoms with Crippen LogP contribution in [-0.4, -0.2) is 0 Å². The van der Waals surface area contributed by atoms with Crippen molar-refractivity contribution in [1.82, 2.24) is 0 Å². The van der Waals surface area contributed by atoms with Gasteiger partial charge in [0.25, 0.3) is 0 Å². The molecular formula is C19H24. The maximum Gasteiger partial charge on any atom is -0.0270 e. The van der Waals surface area contributed by atoms with E-state index in [1.54, 1.807) is 0 Å². The zero-order valence-electron chi connectivity index (χ0n) is 12.6. The second-order valence-corrected chi connectivity index (χ2v) is 5.59. The van der Waals surface area contributed by atoms with Gasteiger partial charge in [0.05, 0.1) is 0 Å². The number of hydrogen-bond donors (Lipinski definition) is 0. The van der Waals surface area contributed by atoms with E-state index in [0.717, 1.165) is 0 Å². The highest BCUT2D eigenvalue weighted by molar-refractivity contribution is 5.35. The average molecular weight is 252 g/mol. The largest absolute Gasteiger partial charge is 0.0617 e. The molecule has 0 fully saturated rings. The van der Waals surface area contributed by atoms with Crippen LogP contribution in [0, 0.1) is 27.7 Å². The molecule has 0 atom stereocenters. The molecule has 19 heavy (non-hydrogen) atoms. The first kappa shape index (κ1) is 13.9. The van der Waals surface area contributed by atoms with E-state index in [2.05, 4.69) is 64.1 Å². The summed E-state index contributed by atoms with van der Waals surface area (Å²) in [7, 11) is 0. The Morgan fingerprint density at radius 3 is 1.21 bits per heavy atom. The van der Waals surface area contributed by atoms with Crippen molar-refractivity contribution in [1.29, 1.82) is 0 Å². The lowest BCUT2D eigenvalue weighted by Crippen LogP contribution is -1.98. The minimum Gasteiger partial charge on any atom is -0.0617 e. The summed E-state index contributed by atoms with van der Waals surface area (Å²) in [6.07, 6.45) is 3.61. The van der Waals surface area contributed by atoms with Crippen LogP contribution in [0.2, 0.25) is 0 Å². The van der Waals surface area contributed by atoms with Crippen LogP contribution in [0.3, 0.4) is 0 Å². The van der Waals surface area contributed by atoms with E-state index in [0.29, 0.717) is 0 Å². The molecule has 0 aliphatic heterocycles. The van der Waals surface area contributed by atoms with Crippen molar-refractivity contribution >= 4 is 0 Å². The predicted molar refractivity (Wildman–Crippen MR) is 83.9 cm³/mol. The van der Waals surface area contributed by atoms with E-state index < -0.39 is 0 Å². The molecule has 0 spiro atoms. The summed E-state index contributed by atoms with van der Waals surface area (Å²) in [4.78, 5) is 0. The summed E-state index contributed by atoms with van der Waals surface area (Å²) in [5, 5.41) is 0. The third-order valence-corrected chi connectivity index (χ3v) is 4.14. The SMILES string of the molecule is Cc1cccc(C)c1CCCc1c(C)cccc1C. The molecule has 0 unspecified atom stereocenters. The Balaban J connectivity index is 2.05. The van der Waals surface area contributed by atoms with Crippen LogP contribution in [0.25, 0.3) is 0 Å².